The maximum atomic E-state index is 12.4. The molecule has 1 aliphatic heterocycles. The van der Waals surface area contributed by atoms with Gasteiger partial charge in [-0.05, 0) is 45.4 Å². The molecule has 0 aromatic heterocycles. The summed E-state index contributed by atoms with van der Waals surface area (Å²) in [4.78, 5) is 42.6. The van der Waals surface area contributed by atoms with Crippen LogP contribution in [0.4, 0.5) is 16.2 Å². The third-order valence-electron chi connectivity index (χ3n) is 3.21. The Hall–Kier alpha value is -2.61. The maximum absolute atomic E-state index is 12.4. The molecule has 0 saturated carbocycles. The Bertz CT molecular complexity index is 681. The van der Waals surface area contributed by atoms with Crippen molar-refractivity contribution in [1.29, 1.82) is 0 Å². The van der Waals surface area contributed by atoms with Crippen LogP contribution in [0.2, 0.25) is 0 Å². The number of amides is 3. The highest BCUT2D eigenvalue weighted by Gasteiger charge is 2.31. The molecule has 1 heterocycles. The zero-order chi connectivity index (χ0) is 18.6. The fourth-order valence-corrected chi connectivity index (χ4v) is 2.18. The highest BCUT2D eigenvalue weighted by molar-refractivity contribution is 6.09. The van der Waals surface area contributed by atoms with Crippen LogP contribution in [-0.4, -0.2) is 36.7 Å². The normalized spacial score (nSPS) is 13.8. The Morgan fingerprint density at radius 2 is 2.04 bits per heavy atom. The number of nitrogens with zero attached hydrogens (tertiary/aromatic N) is 1. The number of hydrogen-bond donors (Lipinski definition) is 2. The van der Waals surface area contributed by atoms with Crippen LogP contribution in [0, 0.1) is 0 Å². The van der Waals surface area contributed by atoms with Crippen molar-refractivity contribution in [3.63, 3.8) is 0 Å². The summed E-state index contributed by atoms with van der Waals surface area (Å²) in [5.41, 5.74) is 2.78. The largest absolute Gasteiger partial charge is 0.443 e. The molecule has 0 bridgehead atoms. The molecule has 8 heteroatoms. The van der Waals surface area contributed by atoms with Gasteiger partial charge in [0.15, 0.2) is 0 Å². The number of nitrogens with one attached hydrogen (secondary N) is 2. The van der Waals surface area contributed by atoms with Crippen LogP contribution in [0.25, 0.3) is 0 Å². The minimum absolute atomic E-state index is 0.181. The molecular weight excluding hydrogens is 326 g/mol. The number of benzene rings is 1. The molecule has 136 valence electrons. The number of anilines is 2. The smallest absolute Gasteiger partial charge is 0.415 e. The van der Waals surface area contributed by atoms with E-state index in [0.29, 0.717) is 23.5 Å². The fraction of sp³-hybridized carbons (Fsp3) is 0.471. The summed E-state index contributed by atoms with van der Waals surface area (Å²) in [7, 11) is 0. The van der Waals surface area contributed by atoms with E-state index >= 15 is 0 Å². The van der Waals surface area contributed by atoms with E-state index in [4.69, 9.17) is 9.57 Å². The summed E-state index contributed by atoms with van der Waals surface area (Å²) in [6, 6.07) is 4.63. The average Bonchev–Trinajstić information content (AvgIpc) is 2.52. The summed E-state index contributed by atoms with van der Waals surface area (Å²) in [6.07, 6.45) is 0.117. The Balaban J connectivity index is 2.26. The summed E-state index contributed by atoms with van der Waals surface area (Å²) >= 11 is 0. The topological polar surface area (TPSA) is 97.0 Å². The van der Waals surface area contributed by atoms with Gasteiger partial charge in [0, 0.05) is 5.56 Å². The molecule has 2 rings (SSSR count). The first kappa shape index (κ1) is 18.7. The predicted octanol–water partition coefficient (Wildman–Crippen LogP) is 2.45. The Morgan fingerprint density at radius 1 is 1.32 bits per heavy atom. The van der Waals surface area contributed by atoms with Gasteiger partial charge in [-0.15, -0.1) is 0 Å². The maximum Gasteiger partial charge on any atom is 0.415 e. The van der Waals surface area contributed by atoms with Crippen molar-refractivity contribution < 1.29 is 24.0 Å². The standard InChI is InChI=1S/C17H23N3O5/c1-5-8-24-19-15(22)11-6-7-12-13(9-11)20(10-14(21)18-12)16(23)25-17(2,3)4/h6-7,9H,5,8,10H2,1-4H3,(H,18,21)(H,19,22). The quantitative estimate of drug-likeness (QED) is 0.643. The molecule has 8 nitrogen and oxygen atoms in total. The van der Waals surface area contributed by atoms with E-state index in [1.807, 2.05) is 6.92 Å². The van der Waals surface area contributed by atoms with Gasteiger partial charge < -0.3 is 10.1 Å². The van der Waals surface area contributed by atoms with Crippen LogP contribution < -0.4 is 15.7 Å². The summed E-state index contributed by atoms with van der Waals surface area (Å²) in [5.74, 6) is -0.765. The van der Waals surface area contributed by atoms with E-state index < -0.39 is 17.6 Å². The summed E-state index contributed by atoms with van der Waals surface area (Å²) in [6.45, 7) is 7.36. The second-order valence-corrected chi connectivity index (χ2v) is 6.63. The third kappa shape index (κ3) is 4.93. The lowest BCUT2D eigenvalue weighted by Crippen LogP contribution is -2.44. The van der Waals surface area contributed by atoms with Gasteiger partial charge in [0.1, 0.15) is 12.1 Å². The van der Waals surface area contributed by atoms with Crippen molar-refractivity contribution in [3.8, 4) is 0 Å². The first-order valence-corrected chi connectivity index (χ1v) is 8.08. The van der Waals surface area contributed by atoms with Gasteiger partial charge in [-0.1, -0.05) is 6.92 Å². The SMILES string of the molecule is CCCONC(=O)c1ccc2c(c1)N(C(=O)OC(C)(C)C)CC(=O)N2. The molecule has 2 N–H and O–H groups in total. The number of carbonyl (C=O) groups excluding carboxylic acids is 3. The lowest BCUT2D eigenvalue weighted by molar-refractivity contribution is -0.115. The molecule has 0 atom stereocenters. The first-order valence-electron chi connectivity index (χ1n) is 8.08. The average molecular weight is 349 g/mol. The highest BCUT2D eigenvalue weighted by atomic mass is 16.6. The molecule has 3 amide bonds. The zero-order valence-electron chi connectivity index (χ0n) is 14.8. The minimum atomic E-state index is -0.700. The van der Waals surface area contributed by atoms with Crippen LogP contribution in [0.1, 0.15) is 44.5 Å². The third-order valence-corrected chi connectivity index (χ3v) is 3.21. The van der Waals surface area contributed by atoms with Gasteiger partial charge in [-0.2, -0.15) is 0 Å². The summed E-state index contributed by atoms with van der Waals surface area (Å²) < 4.78 is 5.34. The number of carbonyl (C=O) groups is 3. The van der Waals surface area contributed by atoms with Crippen LogP contribution >= 0.6 is 0 Å². The number of hydrogen-bond acceptors (Lipinski definition) is 5. The van der Waals surface area contributed by atoms with E-state index in [1.165, 1.54) is 11.0 Å². The Labute approximate surface area is 146 Å². The fourth-order valence-electron chi connectivity index (χ4n) is 2.18. The number of rotatable bonds is 4. The molecule has 0 saturated heterocycles. The molecule has 0 fully saturated rings. The number of hydroxylamine groups is 1. The Kier molecular flexibility index (Phi) is 5.63. The van der Waals surface area contributed by atoms with E-state index in [-0.39, 0.29) is 12.5 Å². The molecule has 0 aliphatic carbocycles. The Morgan fingerprint density at radius 3 is 2.68 bits per heavy atom. The van der Waals surface area contributed by atoms with Crippen molar-refractivity contribution in [2.24, 2.45) is 0 Å². The molecule has 1 aromatic rings. The van der Waals surface area contributed by atoms with Crippen LogP contribution in [0.15, 0.2) is 18.2 Å². The van der Waals surface area contributed by atoms with Crippen molar-refractivity contribution in [3.05, 3.63) is 23.8 Å². The van der Waals surface area contributed by atoms with Gasteiger partial charge in [-0.25, -0.2) is 10.3 Å². The summed E-state index contributed by atoms with van der Waals surface area (Å²) in [5, 5.41) is 2.67. The molecule has 0 radical (unpaired) electrons. The van der Waals surface area contributed by atoms with Crippen molar-refractivity contribution in [2.45, 2.75) is 39.7 Å². The molecular formula is C17H23N3O5. The molecule has 25 heavy (non-hydrogen) atoms. The van der Waals surface area contributed by atoms with Crippen molar-refractivity contribution in [2.75, 3.05) is 23.4 Å². The second kappa shape index (κ2) is 7.52. The number of fused-ring (bicyclic) bond motifs is 1. The molecule has 1 aromatic carbocycles. The highest BCUT2D eigenvalue weighted by Crippen LogP contribution is 2.31. The van der Waals surface area contributed by atoms with Crippen LogP contribution in [0.5, 0.6) is 0 Å². The lowest BCUT2D eigenvalue weighted by Gasteiger charge is -2.31. The number of ether oxygens (including phenoxy) is 1. The van der Waals surface area contributed by atoms with E-state index in [2.05, 4.69) is 10.8 Å². The molecule has 1 aliphatic rings. The van der Waals surface area contributed by atoms with Gasteiger partial charge in [0.05, 0.1) is 18.0 Å². The zero-order valence-corrected chi connectivity index (χ0v) is 14.8. The second-order valence-electron chi connectivity index (χ2n) is 6.63. The first-order chi connectivity index (χ1) is 11.7. The molecule has 0 spiro atoms. The predicted molar refractivity (Wildman–Crippen MR) is 92.4 cm³/mol. The van der Waals surface area contributed by atoms with Gasteiger partial charge >= 0.3 is 6.09 Å². The lowest BCUT2D eigenvalue weighted by atomic mass is 10.1. The van der Waals surface area contributed by atoms with Gasteiger partial charge in [0.25, 0.3) is 5.91 Å². The van der Waals surface area contributed by atoms with Crippen molar-refractivity contribution >= 4 is 29.3 Å². The molecule has 0 unspecified atom stereocenters. The van der Waals surface area contributed by atoms with Crippen molar-refractivity contribution in [1.82, 2.24) is 5.48 Å². The monoisotopic (exact) mass is 349 g/mol. The van der Waals surface area contributed by atoms with Gasteiger partial charge in [-0.3, -0.25) is 19.3 Å². The van der Waals surface area contributed by atoms with E-state index in [1.54, 1.807) is 32.9 Å². The van der Waals surface area contributed by atoms with E-state index in [0.717, 1.165) is 6.42 Å². The van der Waals surface area contributed by atoms with Crippen LogP contribution in [-0.2, 0) is 14.4 Å². The van der Waals surface area contributed by atoms with Crippen LogP contribution in [0.3, 0.4) is 0 Å². The van der Waals surface area contributed by atoms with Gasteiger partial charge in [0.2, 0.25) is 5.91 Å². The minimum Gasteiger partial charge on any atom is -0.443 e. The van der Waals surface area contributed by atoms with E-state index in [9.17, 15) is 14.4 Å².